The van der Waals surface area contributed by atoms with Crippen molar-refractivity contribution in [2.75, 3.05) is 13.6 Å². The van der Waals surface area contributed by atoms with Crippen LogP contribution in [0.3, 0.4) is 0 Å². The third-order valence-electron chi connectivity index (χ3n) is 2.37. The van der Waals surface area contributed by atoms with Gasteiger partial charge in [0.1, 0.15) is 0 Å². The number of rotatable bonds is 5. The van der Waals surface area contributed by atoms with Crippen molar-refractivity contribution in [3.8, 4) is 0 Å². The standard InChI is InChI=1S/C12H18Cl2N2/c1-12(2,8-15-3)16-7-9-4-5-10(13)11(14)6-9/h4-6,15-16H,7-8H2,1-3H3. The van der Waals surface area contributed by atoms with Crippen molar-refractivity contribution in [1.29, 1.82) is 0 Å². The monoisotopic (exact) mass is 260 g/mol. The van der Waals surface area contributed by atoms with Crippen LogP contribution in [-0.2, 0) is 6.54 Å². The van der Waals surface area contributed by atoms with E-state index in [2.05, 4.69) is 24.5 Å². The van der Waals surface area contributed by atoms with E-state index in [1.165, 1.54) is 0 Å². The summed E-state index contributed by atoms with van der Waals surface area (Å²) in [5.74, 6) is 0. The van der Waals surface area contributed by atoms with Crippen LogP contribution in [0.2, 0.25) is 10.0 Å². The molecule has 0 unspecified atom stereocenters. The van der Waals surface area contributed by atoms with E-state index >= 15 is 0 Å². The fourth-order valence-corrected chi connectivity index (χ4v) is 1.82. The second-order valence-electron chi connectivity index (χ2n) is 4.52. The van der Waals surface area contributed by atoms with E-state index in [-0.39, 0.29) is 5.54 Å². The first-order chi connectivity index (χ1) is 7.44. The van der Waals surface area contributed by atoms with Gasteiger partial charge in [-0.25, -0.2) is 0 Å². The lowest BCUT2D eigenvalue weighted by Gasteiger charge is -2.26. The van der Waals surface area contributed by atoms with Crippen LogP contribution in [0.15, 0.2) is 18.2 Å². The molecule has 0 aromatic heterocycles. The van der Waals surface area contributed by atoms with Crippen LogP contribution < -0.4 is 10.6 Å². The van der Waals surface area contributed by atoms with Gasteiger partial charge in [-0.15, -0.1) is 0 Å². The van der Waals surface area contributed by atoms with Gasteiger partial charge in [0, 0.05) is 18.6 Å². The topological polar surface area (TPSA) is 24.1 Å². The minimum atomic E-state index is 0.0564. The van der Waals surface area contributed by atoms with Crippen molar-refractivity contribution in [2.45, 2.75) is 25.9 Å². The number of hydrogen-bond acceptors (Lipinski definition) is 2. The quantitative estimate of drug-likeness (QED) is 0.851. The molecule has 0 saturated carbocycles. The molecule has 0 saturated heterocycles. The summed E-state index contributed by atoms with van der Waals surface area (Å²) in [7, 11) is 1.95. The second-order valence-corrected chi connectivity index (χ2v) is 5.33. The lowest BCUT2D eigenvalue weighted by atomic mass is 10.1. The molecule has 1 aromatic carbocycles. The van der Waals surface area contributed by atoms with E-state index in [9.17, 15) is 0 Å². The Morgan fingerprint density at radius 1 is 1.19 bits per heavy atom. The number of hydrogen-bond donors (Lipinski definition) is 2. The maximum Gasteiger partial charge on any atom is 0.0595 e. The zero-order valence-corrected chi connectivity index (χ0v) is 11.4. The molecule has 90 valence electrons. The molecule has 2 N–H and O–H groups in total. The van der Waals surface area contributed by atoms with Crippen LogP contribution in [0.5, 0.6) is 0 Å². The van der Waals surface area contributed by atoms with Gasteiger partial charge in [-0.3, -0.25) is 0 Å². The van der Waals surface area contributed by atoms with Gasteiger partial charge in [-0.2, -0.15) is 0 Å². The molecule has 0 atom stereocenters. The fraction of sp³-hybridized carbons (Fsp3) is 0.500. The predicted molar refractivity (Wildman–Crippen MR) is 71.3 cm³/mol. The Labute approximate surface area is 107 Å². The van der Waals surface area contributed by atoms with Crippen molar-refractivity contribution < 1.29 is 0 Å². The summed E-state index contributed by atoms with van der Waals surface area (Å²) in [5.41, 5.74) is 1.19. The number of nitrogens with one attached hydrogen (secondary N) is 2. The van der Waals surface area contributed by atoms with Crippen LogP contribution in [-0.4, -0.2) is 19.1 Å². The van der Waals surface area contributed by atoms with E-state index in [4.69, 9.17) is 23.2 Å². The van der Waals surface area contributed by atoms with E-state index in [0.29, 0.717) is 10.0 Å². The Hall–Kier alpha value is -0.280. The highest BCUT2D eigenvalue weighted by molar-refractivity contribution is 6.42. The van der Waals surface area contributed by atoms with Gasteiger partial charge in [0.05, 0.1) is 10.0 Å². The maximum atomic E-state index is 5.95. The molecule has 0 bridgehead atoms. The summed E-state index contributed by atoms with van der Waals surface area (Å²) < 4.78 is 0. The molecule has 0 radical (unpaired) electrons. The smallest absolute Gasteiger partial charge is 0.0595 e. The van der Waals surface area contributed by atoms with Crippen molar-refractivity contribution in [3.63, 3.8) is 0 Å². The highest BCUT2D eigenvalue weighted by Crippen LogP contribution is 2.22. The Balaban J connectivity index is 2.57. The van der Waals surface area contributed by atoms with E-state index < -0.39 is 0 Å². The van der Waals surface area contributed by atoms with E-state index in [0.717, 1.165) is 18.7 Å². The highest BCUT2D eigenvalue weighted by Gasteiger charge is 2.15. The average molecular weight is 261 g/mol. The number of halogens is 2. The van der Waals surface area contributed by atoms with Gasteiger partial charge >= 0.3 is 0 Å². The Morgan fingerprint density at radius 3 is 2.44 bits per heavy atom. The Morgan fingerprint density at radius 2 is 1.88 bits per heavy atom. The molecule has 0 aliphatic rings. The molecule has 0 aliphatic heterocycles. The van der Waals surface area contributed by atoms with Crippen LogP contribution in [0.1, 0.15) is 19.4 Å². The van der Waals surface area contributed by atoms with Crippen molar-refractivity contribution in [3.05, 3.63) is 33.8 Å². The Bertz CT molecular complexity index is 351. The Kier molecular flexibility index (Phi) is 5.06. The molecule has 0 spiro atoms. The van der Waals surface area contributed by atoms with Gasteiger partial charge < -0.3 is 10.6 Å². The lowest BCUT2D eigenvalue weighted by molar-refractivity contribution is 0.374. The van der Waals surface area contributed by atoms with Gasteiger partial charge in [0.25, 0.3) is 0 Å². The molecule has 1 aromatic rings. The van der Waals surface area contributed by atoms with Gasteiger partial charge in [0.15, 0.2) is 0 Å². The summed E-state index contributed by atoms with van der Waals surface area (Å²) in [6.45, 7) is 6.00. The zero-order chi connectivity index (χ0) is 12.2. The molecule has 1 rings (SSSR count). The van der Waals surface area contributed by atoms with Crippen molar-refractivity contribution in [2.24, 2.45) is 0 Å². The third-order valence-corrected chi connectivity index (χ3v) is 3.11. The second kappa shape index (κ2) is 5.87. The lowest BCUT2D eigenvalue weighted by Crippen LogP contribution is -2.46. The van der Waals surface area contributed by atoms with E-state index in [1.54, 1.807) is 0 Å². The molecular weight excluding hydrogens is 243 g/mol. The van der Waals surface area contributed by atoms with Crippen LogP contribution in [0.25, 0.3) is 0 Å². The van der Waals surface area contributed by atoms with Gasteiger partial charge in [-0.1, -0.05) is 29.3 Å². The summed E-state index contributed by atoms with van der Waals surface area (Å²) >= 11 is 11.8. The summed E-state index contributed by atoms with van der Waals surface area (Å²) in [6.07, 6.45) is 0. The fourth-order valence-electron chi connectivity index (χ4n) is 1.50. The minimum Gasteiger partial charge on any atom is -0.318 e. The molecule has 0 amide bonds. The first-order valence-electron chi connectivity index (χ1n) is 5.28. The molecule has 16 heavy (non-hydrogen) atoms. The van der Waals surface area contributed by atoms with E-state index in [1.807, 2.05) is 25.2 Å². The highest BCUT2D eigenvalue weighted by atomic mass is 35.5. The van der Waals surface area contributed by atoms with Crippen molar-refractivity contribution in [1.82, 2.24) is 10.6 Å². The molecule has 0 fully saturated rings. The summed E-state index contributed by atoms with van der Waals surface area (Å²) in [5, 5.41) is 7.81. The van der Waals surface area contributed by atoms with Crippen LogP contribution in [0, 0.1) is 0 Å². The first kappa shape index (κ1) is 13.8. The molecule has 0 aliphatic carbocycles. The first-order valence-corrected chi connectivity index (χ1v) is 6.04. The molecule has 0 heterocycles. The molecule has 4 heteroatoms. The van der Waals surface area contributed by atoms with Crippen LogP contribution >= 0.6 is 23.2 Å². The SMILES string of the molecule is CNCC(C)(C)NCc1ccc(Cl)c(Cl)c1. The molecule has 2 nitrogen and oxygen atoms in total. The normalized spacial score (nSPS) is 11.8. The number of likely N-dealkylation sites (N-methyl/N-ethyl adjacent to an activating group) is 1. The average Bonchev–Trinajstić information content (AvgIpc) is 2.20. The predicted octanol–water partition coefficient (Wildman–Crippen LogP) is 3.08. The zero-order valence-electron chi connectivity index (χ0n) is 9.90. The van der Waals surface area contributed by atoms with Gasteiger partial charge in [-0.05, 0) is 38.6 Å². The van der Waals surface area contributed by atoms with Crippen LogP contribution in [0.4, 0.5) is 0 Å². The maximum absolute atomic E-state index is 5.95. The third kappa shape index (κ3) is 4.30. The van der Waals surface area contributed by atoms with Gasteiger partial charge in [0.2, 0.25) is 0 Å². The largest absolute Gasteiger partial charge is 0.318 e. The summed E-state index contributed by atoms with van der Waals surface area (Å²) in [4.78, 5) is 0. The summed E-state index contributed by atoms with van der Waals surface area (Å²) in [6, 6.07) is 5.70. The number of benzene rings is 1. The minimum absolute atomic E-state index is 0.0564. The molecular formula is C12H18Cl2N2. The van der Waals surface area contributed by atoms with Crippen molar-refractivity contribution >= 4 is 23.2 Å².